The van der Waals surface area contributed by atoms with Gasteiger partial charge in [0.15, 0.2) is 0 Å². The van der Waals surface area contributed by atoms with Crippen LogP contribution in [-0.2, 0) is 0 Å². The number of amides is 1. The molecule has 1 amide bonds. The minimum atomic E-state index is -0.00551. The standard InChI is InChI=1S/C20H18N2O2/c23-17-7-6-16-12-19(21-18(16)13-17)20(24)22-10-8-15(9-11-22)14-4-2-1-3-5-14/h1-8,12-13,21,23H,9-11H2. The van der Waals surface area contributed by atoms with Gasteiger partial charge in [-0.25, -0.2) is 0 Å². The van der Waals surface area contributed by atoms with Crippen LogP contribution in [0.3, 0.4) is 0 Å². The third-order valence-electron chi connectivity index (χ3n) is 4.48. The van der Waals surface area contributed by atoms with Crippen molar-refractivity contribution in [3.05, 3.63) is 71.9 Å². The molecule has 3 aromatic rings. The van der Waals surface area contributed by atoms with Crippen molar-refractivity contribution < 1.29 is 9.90 Å². The lowest BCUT2D eigenvalue weighted by Crippen LogP contribution is -2.34. The Hall–Kier alpha value is -3.01. The van der Waals surface area contributed by atoms with Crippen LogP contribution in [0.5, 0.6) is 5.75 Å². The Morgan fingerprint density at radius 2 is 1.92 bits per heavy atom. The van der Waals surface area contributed by atoms with Crippen molar-refractivity contribution >= 4 is 22.4 Å². The molecular weight excluding hydrogens is 300 g/mol. The second-order valence-corrected chi connectivity index (χ2v) is 6.05. The fourth-order valence-corrected chi connectivity index (χ4v) is 3.17. The summed E-state index contributed by atoms with van der Waals surface area (Å²) < 4.78 is 0. The zero-order valence-electron chi connectivity index (χ0n) is 13.2. The molecule has 4 rings (SSSR count). The number of hydrogen-bond donors (Lipinski definition) is 2. The highest BCUT2D eigenvalue weighted by atomic mass is 16.3. The number of aromatic nitrogens is 1. The fourth-order valence-electron chi connectivity index (χ4n) is 3.17. The van der Waals surface area contributed by atoms with Crippen LogP contribution in [0, 0.1) is 0 Å². The lowest BCUT2D eigenvalue weighted by molar-refractivity contribution is 0.0768. The fraction of sp³-hybridized carbons (Fsp3) is 0.150. The number of carbonyl (C=O) groups is 1. The number of nitrogens with one attached hydrogen (secondary N) is 1. The maximum absolute atomic E-state index is 12.7. The van der Waals surface area contributed by atoms with Gasteiger partial charge in [0.1, 0.15) is 11.4 Å². The van der Waals surface area contributed by atoms with Crippen molar-refractivity contribution in [2.45, 2.75) is 6.42 Å². The maximum Gasteiger partial charge on any atom is 0.270 e. The first-order chi connectivity index (χ1) is 11.7. The second-order valence-electron chi connectivity index (χ2n) is 6.05. The Morgan fingerprint density at radius 3 is 2.67 bits per heavy atom. The summed E-state index contributed by atoms with van der Waals surface area (Å²) in [6.45, 7) is 1.32. The third-order valence-corrected chi connectivity index (χ3v) is 4.48. The van der Waals surface area contributed by atoms with Crippen molar-refractivity contribution in [2.75, 3.05) is 13.1 Å². The van der Waals surface area contributed by atoms with Crippen molar-refractivity contribution in [3.8, 4) is 5.75 Å². The number of phenolic OH excluding ortho intramolecular Hbond substituents is 1. The first-order valence-electron chi connectivity index (χ1n) is 8.06. The summed E-state index contributed by atoms with van der Waals surface area (Å²) >= 11 is 0. The number of nitrogens with zero attached hydrogens (tertiary/aromatic N) is 1. The van der Waals surface area contributed by atoms with Gasteiger partial charge in [-0.1, -0.05) is 36.4 Å². The van der Waals surface area contributed by atoms with Crippen LogP contribution in [0.15, 0.2) is 60.7 Å². The summed E-state index contributed by atoms with van der Waals surface area (Å²) in [5, 5.41) is 10.5. The van der Waals surface area contributed by atoms with E-state index in [0.29, 0.717) is 18.8 Å². The summed E-state index contributed by atoms with van der Waals surface area (Å²) in [5.74, 6) is 0.186. The van der Waals surface area contributed by atoms with Gasteiger partial charge in [-0.15, -0.1) is 0 Å². The zero-order chi connectivity index (χ0) is 16.5. The lowest BCUT2D eigenvalue weighted by Gasteiger charge is -2.26. The van der Waals surface area contributed by atoms with E-state index in [1.54, 1.807) is 12.1 Å². The van der Waals surface area contributed by atoms with Crippen molar-refractivity contribution in [1.29, 1.82) is 0 Å². The summed E-state index contributed by atoms with van der Waals surface area (Å²) in [5.41, 5.74) is 3.86. The molecular formula is C20H18N2O2. The first kappa shape index (κ1) is 14.6. The van der Waals surface area contributed by atoms with Crippen LogP contribution >= 0.6 is 0 Å². The van der Waals surface area contributed by atoms with E-state index in [-0.39, 0.29) is 11.7 Å². The second kappa shape index (κ2) is 5.89. The van der Waals surface area contributed by atoms with Crippen LogP contribution in [-0.4, -0.2) is 34.0 Å². The Labute approximate surface area is 140 Å². The molecule has 2 N–H and O–H groups in total. The number of aromatic amines is 1. The minimum Gasteiger partial charge on any atom is -0.508 e. The lowest BCUT2D eigenvalue weighted by atomic mass is 9.99. The molecule has 0 fully saturated rings. The molecule has 1 aliphatic heterocycles. The van der Waals surface area contributed by atoms with Gasteiger partial charge in [-0.2, -0.15) is 0 Å². The van der Waals surface area contributed by atoms with E-state index in [1.807, 2.05) is 35.2 Å². The van der Waals surface area contributed by atoms with Gasteiger partial charge in [0.25, 0.3) is 5.91 Å². The minimum absolute atomic E-state index is 0.00551. The molecule has 4 nitrogen and oxygen atoms in total. The van der Waals surface area contributed by atoms with E-state index in [0.717, 1.165) is 17.3 Å². The average molecular weight is 318 g/mol. The van der Waals surface area contributed by atoms with Gasteiger partial charge < -0.3 is 15.0 Å². The van der Waals surface area contributed by atoms with E-state index in [9.17, 15) is 9.90 Å². The molecule has 0 bridgehead atoms. The summed E-state index contributed by atoms with van der Waals surface area (Å²) in [6, 6.07) is 17.2. The molecule has 2 heterocycles. The van der Waals surface area contributed by atoms with E-state index < -0.39 is 0 Å². The monoisotopic (exact) mass is 318 g/mol. The summed E-state index contributed by atoms with van der Waals surface area (Å²) in [4.78, 5) is 17.6. The Kier molecular flexibility index (Phi) is 3.58. The van der Waals surface area contributed by atoms with Crippen molar-refractivity contribution in [1.82, 2.24) is 9.88 Å². The predicted octanol–water partition coefficient (Wildman–Crippen LogP) is 3.80. The normalized spacial score (nSPS) is 14.7. The van der Waals surface area contributed by atoms with Crippen molar-refractivity contribution in [2.24, 2.45) is 0 Å². The molecule has 0 unspecified atom stereocenters. The molecule has 0 aliphatic carbocycles. The van der Waals surface area contributed by atoms with Gasteiger partial charge in [0, 0.05) is 30.1 Å². The third kappa shape index (κ3) is 2.67. The van der Waals surface area contributed by atoms with Crippen LogP contribution in [0.2, 0.25) is 0 Å². The molecule has 0 saturated heterocycles. The topological polar surface area (TPSA) is 56.3 Å². The molecule has 120 valence electrons. The van der Waals surface area contributed by atoms with Crippen LogP contribution in [0.1, 0.15) is 22.5 Å². The molecule has 0 saturated carbocycles. The van der Waals surface area contributed by atoms with Gasteiger partial charge in [0.05, 0.1) is 0 Å². The molecule has 0 atom stereocenters. The van der Waals surface area contributed by atoms with Gasteiger partial charge >= 0.3 is 0 Å². The molecule has 1 aliphatic rings. The predicted molar refractivity (Wildman–Crippen MR) is 94.9 cm³/mol. The zero-order valence-corrected chi connectivity index (χ0v) is 13.2. The summed E-state index contributed by atoms with van der Waals surface area (Å²) in [7, 11) is 0. The Bertz CT molecular complexity index is 925. The summed E-state index contributed by atoms with van der Waals surface area (Å²) in [6.07, 6.45) is 2.99. The van der Waals surface area contributed by atoms with Gasteiger partial charge in [-0.3, -0.25) is 4.79 Å². The number of H-pyrrole nitrogens is 1. The number of benzene rings is 2. The molecule has 2 aromatic carbocycles. The van der Waals surface area contributed by atoms with Crippen LogP contribution < -0.4 is 0 Å². The smallest absolute Gasteiger partial charge is 0.270 e. The largest absolute Gasteiger partial charge is 0.508 e. The SMILES string of the molecule is O=C(c1cc2ccc(O)cc2[nH]1)N1CC=C(c2ccccc2)CC1. The molecule has 0 spiro atoms. The average Bonchev–Trinajstić information content (AvgIpc) is 3.05. The Morgan fingerprint density at radius 1 is 1.08 bits per heavy atom. The van der Waals surface area contributed by atoms with Crippen LogP contribution in [0.4, 0.5) is 0 Å². The number of aromatic hydroxyl groups is 1. The van der Waals surface area contributed by atoms with Gasteiger partial charge in [0.2, 0.25) is 0 Å². The maximum atomic E-state index is 12.7. The molecule has 1 aromatic heterocycles. The Balaban J connectivity index is 1.54. The van der Waals surface area contributed by atoms with Crippen molar-refractivity contribution in [3.63, 3.8) is 0 Å². The quantitative estimate of drug-likeness (QED) is 0.755. The first-order valence-corrected chi connectivity index (χ1v) is 8.06. The number of hydrogen-bond acceptors (Lipinski definition) is 2. The van der Waals surface area contributed by atoms with E-state index in [4.69, 9.17) is 0 Å². The number of rotatable bonds is 2. The highest BCUT2D eigenvalue weighted by molar-refractivity contribution is 5.98. The molecule has 0 radical (unpaired) electrons. The molecule has 4 heteroatoms. The van der Waals surface area contributed by atoms with Gasteiger partial charge in [-0.05, 0) is 35.8 Å². The number of carbonyl (C=O) groups excluding carboxylic acids is 1. The molecule has 24 heavy (non-hydrogen) atoms. The highest BCUT2D eigenvalue weighted by Gasteiger charge is 2.20. The van der Waals surface area contributed by atoms with E-state index >= 15 is 0 Å². The number of phenols is 1. The highest BCUT2D eigenvalue weighted by Crippen LogP contribution is 2.24. The number of fused-ring (bicyclic) bond motifs is 1. The van der Waals surface area contributed by atoms with E-state index in [1.165, 1.54) is 11.1 Å². The van der Waals surface area contributed by atoms with Crippen LogP contribution in [0.25, 0.3) is 16.5 Å². The van der Waals surface area contributed by atoms with E-state index in [2.05, 4.69) is 23.2 Å².